The number of sulfonamides is 1. The van der Waals surface area contributed by atoms with Crippen LogP contribution in [0.25, 0.3) is 0 Å². The minimum absolute atomic E-state index is 0.286. The van der Waals surface area contributed by atoms with E-state index in [1.165, 1.54) is 30.0 Å². The van der Waals surface area contributed by atoms with Crippen LogP contribution in [0.1, 0.15) is 32.1 Å². The first-order chi connectivity index (χ1) is 8.99. The number of carboxylic acids is 1. The molecule has 1 saturated heterocycles. The molecule has 6 nitrogen and oxygen atoms in total. The Labute approximate surface area is 114 Å². The summed E-state index contributed by atoms with van der Waals surface area (Å²) in [4.78, 5) is 12.8. The Balaban J connectivity index is 1.83. The second-order valence-electron chi connectivity index (χ2n) is 5.33. The van der Waals surface area contributed by atoms with Crippen molar-refractivity contribution in [1.29, 1.82) is 0 Å². The number of hydrogen-bond acceptors (Lipinski definition) is 4. The summed E-state index contributed by atoms with van der Waals surface area (Å²) in [6.45, 7) is 2.55. The highest BCUT2D eigenvalue weighted by Crippen LogP contribution is 2.24. The van der Waals surface area contributed by atoms with Gasteiger partial charge in [0.1, 0.15) is 0 Å². The Morgan fingerprint density at radius 1 is 1.11 bits per heavy atom. The van der Waals surface area contributed by atoms with E-state index in [1.807, 2.05) is 0 Å². The molecule has 110 valence electrons. The quantitative estimate of drug-likeness (QED) is 0.790. The van der Waals surface area contributed by atoms with Crippen LogP contribution < -0.4 is 0 Å². The maximum absolute atomic E-state index is 12.0. The predicted molar refractivity (Wildman–Crippen MR) is 71.4 cm³/mol. The average Bonchev–Trinajstić information content (AvgIpc) is 2.91. The second kappa shape index (κ2) is 6.19. The van der Waals surface area contributed by atoms with Gasteiger partial charge < -0.3 is 5.11 Å². The molecule has 2 rings (SSSR count). The van der Waals surface area contributed by atoms with Crippen molar-refractivity contribution in [3.8, 4) is 0 Å². The van der Waals surface area contributed by atoms with Crippen molar-refractivity contribution in [3.05, 3.63) is 0 Å². The van der Waals surface area contributed by atoms with Gasteiger partial charge in [0, 0.05) is 32.2 Å². The van der Waals surface area contributed by atoms with Gasteiger partial charge in [-0.15, -0.1) is 0 Å². The van der Waals surface area contributed by atoms with Crippen molar-refractivity contribution >= 4 is 16.0 Å². The largest absolute Gasteiger partial charge is 0.481 e. The molecule has 1 N–H and O–H groups in total. The Bertz CT molecular complexity index is 409. The number of piperazine rings is 1. The molecule has 2 aliphatic rings. The van der Waals surface area contributed by atoms with Crippen molar-refractivity contribution in [2.45, 2.75) is 38.1 Å². The van der Waals surface area contributed by atoms with Gasteiger partial charge in [-0.05, 0) is 12.8 Å². The SMILES string of the molecule is O=C(O)CCS(=O)(=O)N1CCN(C2CCCC2)CC1. The van der Waals surface area contributed by atoms with Crippen LogP contribution in [0.4, 0.5) is 0 Å². The lowest BCUT2D eigenvalue weighted by Gasteiger charge is -2.37. The third-order valence-corrected chi connectivity index (χ3v) is 5.95. The van der Waals surface area contributed by atoms with Gasteiger partial charge >= 0.3 is 5.97 Å². The summed E-state index contributed by atoms with van der Waals surface area (Å²) in [7, 11) is -3.40. The fourth-order valence-electron chi connectivity index (χ4n) is 2.96. The molecule has 7 heteroatoms. The third kappa shape index (κ3) is 3.90. The van der Waals surface area contributed by atoms with Gasteiger partial charge in [0.15, 0.2) is 0 Å². The van der Waals surface area contributed by atoms with Crippen LogP contribution in [0.3, 0.4) is 0 Å². The van der Waals surface area contributed by atoms with Gasteiger partial charge in [0.2, 0.25) is 10.0 Å². The Morgan fingerprint density at radius 3 is 2.21 bits per heavy atom. The van der Waals surface area contributed by atoms with E-state index in [0.717, 1.165) is 13.1 Å². The third-order valence-electron chi connectivity index (χ3n) is 4.08. The molecule has 1 aliphatic carbocycles. The Morgan fingerprint density at radius 2 is 1.68 bits per heavy atom. The van der Waals surface area contributed by atoms with Crippen LogP contribution in [-0.4, -0.2) is 66.7 Å². The minimum Gasteiger partial charge on any atom is -0.481 e. The van der Waals surface area contributed by atoms with E-state index in [9.17, 15) is 13.2 Å². The molecule has 0 radical (unpaired) electrons. The molecule has 1 saturated carbocycles. The first-order valence-corrected chi connectivity index (χ1v) is 8.53. The molecular weight excluding hydrogens is 268 g/mol. The van der Waals surface area contributed by atoms with Crippen molar-refractivity contribution < 1.29 is 18.3 Å². The maximum Gasteiger partial charge on any atom is 0.304 e. The standard InChI is InChI=1S/C12H22N2O4S/c15-12(16)5-10-19(17,18)14-8-6-13(7-9-14)11-3-1-2-4-11/h11H,1-10H2,(H,15,16). The normalized spacial score (nSPS) is 23.8. The topological polar surface area (TPSA) is 77.9 Å². The summed E-state index contributed by atoms with van der Waals surface area (Å²) in [5.74, 6) is -1.35. The van der Waals surface area contributed by atoms with E-state index in [4.69, 9.17) is 5.11 Å². The molecule has 0 unspecified atom stereocenters. The van der Waals surface area contributed by atoms with Crippen LogP contribution >= 0.6 is 0 Å². The first-order valence-electron chi connectivity index (χ1n) is 6.93. The highest BCUT2D eigenvalue weighted by atomic mass is 32.2. The summed E-state index contributed by atoms with van der Waals surface area (Å²) < 4.78 is 25.4. The molecule has 1 heterocycles. The number of rotatable bonds is 5. The van der Waals surface area contributed by atoms with Gasteiger partial charge in [-0.25, -0.2) is 8.42 Å². The fraction of sp³-hybridized carbons (Fsp3) is 0.917. The van der Waals surface area contributed by atoms with Crippen LogP contribution in [0, 0.1) is 0 Å². The van der Waals surface area contributed by atoms with E-state index in [0.29, 0.717) is 19.1 Å². The maximum atomic E-state index is 12.0. The van der Waals surface area contributed by atoms with Gasteiger partial charge in [0.25, 0.3) is 0 Å². The second-order valence-corrected chi connectivity index (χ2v) is 7.42. The van der Waals surface area contributed by atoms with E-state index in [-0.39, 0.29) is 12.2 Å². The summed E-state index contributed by atoms with van der Waals surface area (Å²) >= 11 is 0. The lowest BCUT2D eigenvalue weighted by Crippen LogP contribution is -2.51. The first kappa shape index (κ1) is 14.7. The molecule has 2 fully saturated rings. The number of nitrogens with zero attached hydrogens (tertiary/aromatic N) is 2. The zero-order chi connectivity index (χ0) is 13.9. The van der Waals surface area contributed by atoms with Crippen molar-refractivity contribution in [2.24, 2.45) is 0 Å². The predicted octanol–water partition coefficient (Wildman–Crippen LogP) is 0.351. The van der Waals surface area contributed by atoms with Crippen LogP contribution in [0.2, 0.25) is 0 Å². The molecule has 0 atom stereocenters. The lowest BCUT2D eigenvalue weighted by atomic mass is 10.2. The number of carboxylic acid groups (broad SMARTS) is 1. The van der Waals surface area contributed by atoms with Crippen molar-refractivity contribution in [2.75, 3.05) is 31.9 Å². The van der Waals surface area contributed by atoms with Gasteiger partial charge in [-0.1, -0.05) is 12.8 Å². The highest BCUT2D eigenvalue weighted by molar-refractivity contribution is 7.89. The molecule has 0 spiro atoms. The van der Waals surface area contributed by atoms with Crippen molar-refractivity contribution in [1.82, 2.24) is 9.21 Å². The highest BCUT2D eigenvalue weighted by Gasteiger charge is 2.30. The summed E-state index contributed by atoms with van der Waals surface area (Å²) in [5, 5.41) is 8.57. The summed E-state index contributed by atoms with van der Waals surface area (Å²) in [6, 6.07) is 0.629. The van der Waals surface area contributed by atoms with Crippen LogP contribution in [0.15, 0.2) is 0 Å². The van der Waals surface area contributed by atoms with Gasteiger partial charge in [-0.2, -0.15) is 4.31 Å². The summed E-state index contributed by atoms with van der Waals surface area (Å²) in [5.41, 5.74) is 0. The molecule has 0 amide bonds. The molecule has 0 aromatic carbocycles. The molecule has 19 heavy (non-hydrogen) atoms. The number of carbonyl (C=O) groups is 1. The van der Waals surface area contributed by atoms with Crippen LogP contribution in [-0.2, 0) is 14.8 Å². The van der Waals surface area contributed by atoms with E-state index in [1.54, 1.807) is 0 Å². The van der Waals surface area contributed by atoms with E-state index in [2.05, 4.69) is 4.90 Å². The monoisotopic (exact) mass is 290 g/mol. The Hall–Kier alpha value is -0.660. The zero-order valence-corrected chi connectivity index (χ0v) is 11.9. The molecule has 1 aliphatic heterocycles. The molecule has 0 bridgehead atoms. The van der Waals surface area contributed by atoms with E-state index >= 15 is 0 Å². The Kier molecular flexibility index (Phi) is 4.81. The number of aliphatic carboxylic acids is 1. The smallest absolute Gasteiger partial charge is 0.304 e. The molecular formula is C12H22N2O4S. The van der Waals surface area contributed by atoms with E-state index < -0.39 is 16.0 Å². The average molecular weight is 290 g/mol. The molecule has 0 aromatic heterocycles. The fourth-order valence-corrected chi connectivity index (χ4v) is 4.37. The van der Waals surface area contributed by atoms with Crippen LogP contribution in [0.5, 0.6) is 0 Å². The zero-order valence-electron chi connectivity index (χ0n) is 11.1. The summed E-state index contributed by atoms with van der Waals surface area (Å²) in [6.07, 6.45) is 4.70. The van der Waals surface area contributed by atoms with Crippen molar-refractivity contribution in [3.63, 3.8) is 0 Å². The van der Waals surface area contributed by atoms with Gasteiger partial charge in [-0.3, -0.25) is 9.69 Å². The molecule has 0 aromatic rings. The van der Waals surface area contributed by atoms with Gasteiger partial charge in [0.05, 0.1) is 12.2 Å². The lowest BCUT2D eigenvalue weighted by molar-refractivity contribution is -0.136. The minimum atomic E-state index is -3.40. The number of hydrogen-bond donors (Lipinski definition) is 1.